The second kappa shape index (κ2) is 6.01. The summed E-state index contributed by atoms with van der Waals surface area (Å²) in [4.78, 5) is 29.1. The van der Waals surface area contributed by atoms with Gasteiger partial charge < -0.3 is 9.55 Å². The van der Waals surface area contributed by atoms with E-state index < -0.39 is 10.1 Å². The van der Waals surface area contributed by atoms with E-state index in [-0.39, 0.29) is 21.1 Å². The van der Waals surface area contributed by atoms with Crippen LogP contribution in [0, 0.1) is 6.92 Å². The first kappa shape index (κ1) is 18.5. The van der Waals surface area contributed by atoms with Gasteiger partial charge in [0.25, 0.3) is 10.1 Å². The summed E-state index contributed by atoms with van der Waals surface area (Å²) in [5, 5.41) is 1.53. The molecule has 2 aromatic heterocycles. The standard InChI is InChI=1S/C22H16N2O5S/c1-11-7-18-15(10-20(11)30(27,28)29)22(26)14-8-17-13(9-19(14)24(18)2)21(25)12-5-3-4-6-16(12)23-17/h3-10H,1-2H3,(H,23,25)(H,27,28,29). The fraction of sp³-hybridized carbons (Fsp3) is 0.0909. The number of aryl methyl sites for hydroxylation is 2. The van der Waals surface area contributed by atoms with Crippen LogP contribution >= 0.6 is 0 Å². The maximum absolute atomic E-state index is 13.2. The lowest BCUT2D eigenvalue weighted by Gasteiger charge is -2.14. The van der Waals surface area contributed by atoms with Crippen LogP contribution in [0.15, 0.2) is 63.0 Å². The van der Waals surface area contributed by atoms with Crippen molar-refractivity contribution in [2.45, 2.75) is 11.8 Å². The Kier molecular flexibility index (Phi) is 3.71. The van der Waals surface area contributed by atoms with Gasteiger partial charge in [0, 0.05) is 34.1 Å². The molecule has 0 aliphatic heterocycles. The van der Waals surface area contributed by atoms with Gasteiger partial charge in [-0.3, -0.25) is 14.1 Å². The molecule has 0 saturated heterocycles. The zero-order valence-electron chi connectivity index (χ0n) is 16.1. The Morgan fingerprint density at radius 3 is 2.20 bits per heavy atom. The van der Waals surface area contributed by atoms with Crippen molar-refractivity contribution in [3.05, 3.63) is 74.5 Å². The largest absolute Gasteiger partial charge is 0.354 e. The fourth-order valence-electron chi connectivity index (χ4n) is 4.10. The number of hydrogen-bond donors (Lipinski definition) is 2. The van der Waals surface area contributed by atoms with Gasteiger partial charge in [-0.1, -0.05) is 12.1 Å². The van der Waals surface area contributed by atoms with Crippen LogP contribution in [0.3, 0.4) is 0 Å². The molecular formula is C22H16N2O5S. The van der Waals surface area contributed by atoms with Crippen LogP contribution in [-0.4, -0.2) is 22.5 Å². The third-order valence-electron chi connectivity index (χ3n) is 5.60. The van der Waals surface area contributed by atoms with Crippen LogP contribution in [0.25, 0.3) is 43.6 Å². The number of hydrogen-bond acceptors (Lipinski definition) is 4. The Morgan fingerprint density at radius 2 is 1.47 bits per heavy atom. The van der Waals surface area contributed by atoms with Gasteiger partial charge in [-0.2, -0.15) is 8.42 Å². The summed E-state index contributed by atoms with van der Waals surface area (Å²) >= 11 is 0. The molecule has 5 rings (SSSR count). The minimum Gasteiger partial charge on any atom is -0.354 e. The van der Waals surface area contributed by atoms with E-state index in [2.05, 4.69) is 4.98 Å². The number of para-hydroxylation sites is 1. The molecule has 5 aromatic rings. The van der Waals surface area contributed by atoms with Crippen molar-refractivity contribution in [1.29, 1.82) is 0 Å². The Balaban J connectivity index is 2.01. The van der Waals surface area contributed by atoms with Crippen molar-refractivity contribution < 1.29 is 13.0 Å². The average Bonchev–Trinajstić information content (AvgIpc) is 2.70. The Labute approximate surface area is 169 Å². The highest BCUT2D eigenvalue weighted by molar-refractivity contribution is 7.85. The Hall–Kier alpha value is -3.49. The Morgan fingerprint density at radius 1 is 0.833 bits per heavy atom. The highest BCUT2D eigenvalue weighted by Gasteiger charge is 2.18. The lowest BCUT2D eigenvalue weighted by molar-refractivity contribution is 0.482. The molecular weight excluding hydrogens is 404 g/mol. The third kappa shape index (κ3) is 2.51. The van der Waals surface area contributed by atoms with Gasteiger partial charge >= 0.3 is 0 Å². The summed E-state index contributed by atoms with van der Waals surface area (Å²) in [6, 6.07) is 13.2. The molecule has 150 valence electrons. The van der Waals surface area contributed by atoms with Crippen LogP contribution in [0.5, 0.6) is 0 Å². The monoisotopic (exact) mass is 420 g/mol. The van der Waals surface area contributed by atoms with Crippen molar-refractivity contribution in [2.75, 3.05) is 0 Å². The molecule has 0 atom stereocenters. The average molecular weight is 420 g/mol. The second-order valence-corrected chi connectivity index (χ2v) is 8.80. The molecule has 0 fully saturated rings. The smallest absolute Gasteiger partial charge is 0.294 e. The number of aromatic amines is 1. The third-order valence-corrected chi connectivity index (χ3v) is 6.60. The first-order valence-corrected chi connectivity index (χ1v) is 10.6. The highest BCUT2D eigenvalue weighted by Crippen LogP contribution is 2.26. The number of benzene rings is 3. The molecule has 0 radical (unpaired) electrons. The zero-order chi connectivity index (χ0) is 21.4. The van der Waals surface area contributed by atoms with Crippen molar-refractivity contribution in [3.63, 3.8) is 0 Å². The van der Waals surface area contributed by atoms with Crippen LogP contribution in [-0.2, 0) is 17.2 Å². The molecule has 30 heavy (non-hydrogen) atoms. The maximum Gasteiger partial charge on any atom is 0.294 e. The van der Waals surface area contributed by atoms with E-state index in [0.717, 1.165) is 0 Å². The maximum atomic E-state index is 13.2. The summed E-state index contributed by atoms with van der Waals surface area (Å²) in [6.07, 6.45) is 0. The number of aromatic nitrogens is 2. The molecule has 0 unspecified atom stereocenters. The highest BCUT2D eigenvalue weighted by atomic mass is 32.2. The van der Waals surface area contributed by atoms with Crippen molar-refractivity contribution in [1.82, 2.24) is 9.55 Å². The molecule has 0 aliphatic rings. The van der Waals surface area contributed by atoms with Gasteiger partial charge in [-0.25, -0.2) is 0 Å². The topological polar surface area (TPSA) is 109 Å². The van der Waals surface area contributed by atoms with E-state index in [4.69, 9.17) is 0 Å². The molecule has 0 aliphatic carbocycles. The molecule has 0 amide bonds. The SMILES string of the molecule is Cc1cc2c(cc1S(=O)(=O)O)c(=O)c1cc3[nH]c4ccccc4c(=O)c3cc1n2C. The molecule has 0 bridgehead atoms. The van der Waals surface area contributed by atoms with E-state index in [0.29, 0.717) is 43.8 Å². The van der Waals surface area contributed by atoms with Crippen LogP contribution in [0.4, 0.5) is 0 Å². The van der Waals surface area contributed by atoms with E-state index >= 15 is 0 Å². The van der Waals surface area contributed by atoms with E-state index in [1.54, 1.807) is 54.9 Å². The number of nitrogens with one attached hydrogen (secondary N) is 1. The summed E-state index contributed by atoms with van der Waals surface area (Å²) < 4.78 is 34.7. The van der Waals surface area contributed by atoms with Crippen molar-refractivity contribution >= 4 is 53.7 Å². The predicted molar refractivity (Wildman–Crippen MR) is 117 cm³/mol. The summed E-state index contributed by atoms with van der Waals surface area (Å²) in [7, 11) is -2.72. The quantitative estimate of drug-likeness (QED) is 0.320. The van der Waals surface area contributed by atoms with E-state index in [1.807, 2.05) is 6.07 Å². The minimum absolute atomic E-state index is 0.133. The van der Waals surface area contributed by atoms with Crippen LogP contribution in [0.2, 0.25) is 0 Å². The molecule has 2 heterocycles. The zero-order valence-corrected chi connectivity index (χ0v) is 16.9. The van der Waals surface area contributed by atoms with Crippen molar-refractivity contribution in [2.24, 2.45) is 7.05 Å². The van der Waals surface area contributed by atoms with Gasteiger partial charge in [0.2, 0.25) is 0 Å². The number of rotatable bonds is 1. The number of H-pyrrole nitrogens is 1. The van der Waals surface area contributed by atoms with Crippen molar-refractivity contribution in [3.8, 4) is 0 Å². The van der Waals surface area contributed by atoms with Gasteiger partial charge in [-0.05, 0) is 48.9 Å². The number of nitrogens with zero attached hydrogens (tertiary/aromatic N) is 1. The summed E-state index contributed by atoms with van der Waals surface area (Å²) in [5.74, 6) is 0. The lowest BCUT2D eigenvalue weighted by Crippen LogP contribution is -2.13. The van der Waals surface area contributed by atoms with Gasteiger partial charge in [0.1, 0.15) is 0 Å². The summed E-state index contributed by atoms with van der Waals surface area (Å²) in [6.45, 7) is 1.55. The van der Waals surface area contributed by atoms with Gasteiger partial charge in [0.05, 0.1) is 21.4 Å². The Bertz CT molecular complexity index is 1780. The fourth-order valence-corrected chi connectivity index (χ4v) is 4.84. The molecule has 3 aromatic carbocycles. The minimum atomic E-state index is -4.47. The lowest BCUT2D eigenvalue weighted by atomic mass is 10.0. The summed E-state index contributed by atoms with van der Waals surface area (Å²) in [5.41, 5.74) is 2.06. The molecule has 8 heteroatoms. The molecule has 7 nitrogen and oxygen atoms in total. The molecule has 0 saturated carbocycles. The first-order chi connectivity index (χ1) is 14.2. The number of fused-ring (bicyclic) bond motifs is 4. The molecule has 2 N–H and O–H groups in total. The molecule has 0 spiro atoms. The van der Waals surface area contributed by atoms with Gasteiger partial charge in [-0.15, -0.1) is 0 Å². The van der Waals surface area contributed by atoms with E-state index in [9.17, 15) is 22.6 Å². The van der Waals surface area contributed by atoms with Crippen LogP contribution < -0.4 is 10.9 Å². The predicted octanol–water partition coefficient (Wildman–Crippen LogP) is 3.24. The first-order valence-electron chi connectivity index (χ1n) is 9.16. The number of pyridine rings is 2. The van der Waals surface area contributed by atoms with E-state index in [1.165, 1.54) is 6.07 Å². The normalized spacial score (nSPS) is 12.4. The second-order valence-electron chi connectivity index (χ2n) is 7.41. The van der Waals surface area contributed by atoms with Crippen LogP contribution in [0.1, 0.15) is 5.56 Å². The van der Waals surface area contributed by atoms with Gasteiger partial charge in [0.15, 0.2) is 10.9 Å².